The maximum Gasteiger partial charge on any atom is 0.261 e. The van der Waals surface area contributed by atoms with Crippen molar-refractivity contribution in [2.45, 2.75) is 24.7 Å². The Balaban J connectivity index is 1.47. The van der Waals surface area contributed by atoms with Crippen LogP contribution < -0.4 is 10.0 Å². The van der Waals surface area contributed by atoms with E-state index in [-0.39, 0.29) is 27.4 Å². The van der Waals surface area contributed by atoms with E-state index in [4.69, 9.17) is 16.1 Å². The zero-order valence-electron chi connectivity index (χ0n) is 16.9. The van der Waals surface area contributed by atoms with Gasteiger partial charge in [-0.1, -0.05) is 35.0 Å². The van der Waals surface area contributed by atoms with E-state index in [9.17, 15) is 17.6 Å². The zero-order chi connectivity index (χ0) is 22.9. The molecular formula is C22H19ClFN3O4S. The molecule has 1 saturated carbocycles. The van der Waals surface area contributed by atoms with E-state index in [1.807, 2.05) is 0 Å². The first-order valence-electron chi connectivity index (χ1n) is 9.76. The molecule has 2 aromatic carbocycles. The highest BCUT2D eigenvalue weighted by Crippen LogP contribution is 2.32. The predicted octanol–water partition coefficient (Wildman–Crippen LogP) is 5.10. The minimum absolute atomic E-state index is 0.0305. The highest BCUT2D eigenvalue weighted by molar-refractivity contribution is 7.92. The fourth-order valence-electron chi connectivity index (χ4n) is 2.93. The van der Waals surface area contributed by atoms with Gasteiger partial charge in [0.2, 0.25) is 5.91 Å². The lowest BCUT2D eigenvalue weighted by atomic mass is 10.2. The number of hydrogen-bond acceptors (Lipinski definition) is 5. The number of carbonyl (C=O) groups excluding carboxylic acids is 1. The summed E-state index contributed by atoms with van der Waals surface area (Å²) in [5.74, 6) is -0.225. The molecule has 4 rings (SSSR count). The van der Waals surface area contributed by atoms with Gasteiger partial charge in [-0.05, 0) is 61.7 Å². The Morgan fingerprint density at radius 1 is 1.19 bits per heavy atom. The van der Waals surface area contributed by atoms with Crippen molar-refractivity contribution in [2.75, 3.05) is 10.0 Å². The Hall–Kier alpha value is -3.17. The Kier molecular flexibility index (Phi) is 6.03. The summed E-state index contributed by atoms with van der Waals surface area (Å²) >= 11 is 5.70. The van der Waals surface area contributed by atoms with Gasteiger partial charge in [0.15, 0.2) is 5.76 Å². The number of nitrogens with one attached hydrogen (secondary N) is 2. The number of anilines is 2. The first-order valence-corrected chi connectivity index (χ1v) is 11.6. The van der Waals surface area contributed by atoms with Crippen molar-refractivity contribution in [3.05, 3.63) is 70.3 Å². The second kappa shape index (κ2) is 8.76. The van der Waals surface area contributed by atoms with Gasteiger partial charge < -0.3 is 9.84 Å². The van der Waals surface area contributed by atoms with Crippen LogP contribution in [0.1, 0.15) is 29.9 Å². The molecule has 10 heteroatoms. The number of amides is 1. The molecular weight excluding hydrogens is 457 g/mol. The van der Waals surface area contributed by atoms with Crippen molar-refractivity contribution < 1.29 is 22.1 Å². The number of nitrogens with zero attached hydrogens (tertiary/aromatic N) is 1. The van der Waals surface area contributed by atoms with Gasteiger partial charge in [-0.2, -0.15) is 0 Å². The highest BCUT2D eigenvalue weighted by atomic mass is 35.5. The Bertz CT molecular complexity index is 1300. The van der Waals surface area contributed by atoms with Gasteiger partial charge in [-0.25, -0.2) is 12.8 Å². The van der Waals surface area contributed by atoms with Crippen LogP contribution in [0.4, 0.5) is 15.8 Å². The second-order valence-electron chi connectivity index (χ2n) is 7.41. The summed E-state index contributed by atoms with van der Waals surface area (Å²) in [6, 6.07) is 9.69. The van der Waals surface area contributed by atoms with Crippen molar-refractivity contribution in [1.29, 1.82) is 0 Å². The van der Waals surface area contributed by atoms with Gasteiger partial charge in [0.1, 0.15) is 17.2 Å². The number of halogens is 2. The quantitative estimate of drug-likeness (QED) is 0.495. The smallest absolute Gasteiger partial charge is 0.261 e. The molecule has 0 spiro atoms. The summed E-state index contributed by atoms with van der Waals surface area (Å²) in [6.45, 7) is 1.74. The monoisotopic (exact) mass is 475 g/mol. The predicted molar refractivity (Wildman–Crippen MR) is 120 cm³/mol. The van der Waals surface area contributed by atoms with Crippen molar-refractivity contribution in [3.63, 3.8) is 0 Å². The van der Waals surface area contributed by atoms with Gasteiger partial charge in [0, 0.05) is 5.92 Å². The molecule has 7 nitrogen and oxygen atoms in total. The Morgan fingerprint density at radius 2 is 1.91 bits per heavy atom. The van der Waals surface area contributed by atoms with Crippen LogP contribution in [0.25, 0.3) is 12.2 Å². The average molecular weight is 476 g/mol. The molecule has 166 valence electrons. The maximum absolute atomic E-state index is 13.3. The molecule has 0 saturated heterocycles. The molecule has 1 fully saturated rings. The molecule has 0 atom stereocenters. The molecule has 0 unspecified atom stereocenters. The molecule has 1 amide bonds. The summed E-state index contributed by atoms with van der Waals surface area (Å²) in [7, 11) is -3.88. The number of hydrogen-bond donors (Lipinski definition) is 2. The molecule has 0 bridgehead atoms. The molecule has 32 heavy (non-hydrogen) atoms. The molecule has 1 aliphatic rings. The van der Waals surface area contributed by atoms with Crippen molar-refractivity contribution in [3.8, 4) is 0 Å². The number of carbonyl (C=O) groups is 1. The Morgan fingerprint density at radius 3 is 2.56 bits per heavy atom. The van der Waals surface area contributed by atoms with Crippen molar-refractivity contribution in [2.24, 2.45) is 5.92 Å². The van der Waals surface area contributed by atoms with E-state index in [1.165, 1.54) is 24.3 Å². The van der Waals surface area contributed by atoms with Gasteiger partial charge in [0.05, 0.1) is 15.6 Å². The molecule has 0 aliphatic heterocycles. The fourth-order valence-corrected chi connectivity index (χ4v) is 4.16. The van der Waals surface area contributed by atoms with Crippen molar-refractivity contribution >= 4 is 51.1 Å². The molecule has 1 aliphatic carbocycles. The van der Waals surface area contributed by atoms with Crippen LogP contribution in [-0.4, -0.2) is 19.5 Å². The van der Waals surface area contributed by atoms with Gasteiger partial charge in [-0.15, -0.1) is 0 Å². The normalized spacial score (nSPS) is 14.0. The number of aryl methyl sites for hydroxylation is 1. The molecule has 1 aromatic heterocycles. The standard InChI is InChI=1S/C22H19ClFN3O4S/c1-13-21(25-22(28)15-5-6-15)20(31-26-13)11-4-14-2-8-17(9-3-14)32(29,30)27-16-7-10-19(24)18(23)12-16/h2-4,7-12,15,27H,5-6H2,1H3,(H,25,28)/b11-4-. The van der Waals surface area contributed by atoms with Crippen LogP contribution in [0.5, 0.6) is 0 Å². The van der Waals surface area contributed by atoms with Gasteiger partial charge in [0.25, 0.3) is 10.0 Å². The van der Waals surface area contributed by atoms with Crippen LogP contribution in [0, 0.1) is 18.7 Å². The topological polar surface area (TPSA) is 101 Å². The second-order valence-corrected chi connectivity index (χ2v) is 9.50. The largest absolute Gasteiger partial charge is 0.354 e. The van der Waals surface area contributed by atoms with Crippen LogP contribution in [0.2, 0.25) is 5.02 Å². The summed E-state index contributed by atoms with van der Waals surface area (Å²) < 4.78 is 46.1. The molecule has 1 heterocycles. The third-order valence-electron chi connectivity index (χ3n) is 4.87. The number of rotatable bonds is 7. The first kappa shape index (κ1) is 22.0. The number of benzene rings is 2. The lowest BCUT2D eigenvalue weighted by Gasteiger charge is -2.09. The summed E-state index contributed by atoms with van der Waals surface area (Å²) in [6.07, 6.45) is 5.15. The lowest BCUT2D eigenvalue weighted by Crippen LogP contribution is -2.14. The first-order chi connectivity index (χ1) is 15.2. The van der Waals surface area contributed by atoms with Crippen LogP contribution >= 0.6 is 11.6 Å². The van der Waals surface area contributed by atoms with Crippen LogP contribution in [-0.2, 0) is 14.8 Å². The molecule has 3 aromatic rings. The van der Waals surface area contributed by atoms with E-state index in [1.54, 1.807) is 31.2 Å². The average Bonchev–Trinajstić information content (AvgIpc) is 3.55. The van der Waals surface area contributed by atoms with E-state index in [0.29, 0.717) is 22.7 Å². The summed E-state index contributed by atoms with van der Waals surface area (Å²) in [5, 5.41) is 6.57. The fraction of sp³-hybridized carbons (Fsp3) is 0.182. The van der Waals surface area contributed by atoms with E-state index in [0.717, 1.165) is 18.9 Å². The molecule has 0 radical (unpaired) electrons. The van der Waals surface area contributed by atoms with Crippen LogP contribution in [0.3, 0.4) is 0 Å². The molecule has 2 N–H and O–H groups in total. The minimum atomic E-state index is -3.88. The van der Waals surface area contributed by atoms with Gasteiger partial charge >= 0.3 is 0 Å². The summed E-state index contributed by atoms with van der Waals surface area (Å²) in [5.41, 5.74) is 1.97. The van der Waals surface area contributed by atoms with Gasteiger partial charge in [-0.3, -0.25) is 9.52 Å². The lowest BCUT2D eigenvalue weighted by molar-refractivity contribution is -0.117. The third-order valence-corrected chi connectivity index (χ3v) is 6.56. The van der Waals surface area contributed by atoms with E-state index in [2.05, 4.69) is 15.2 Å². The van der Waals surface area contributed by atoms with E-state index < -0.39 is 15.8 Å². The van der Waals surface area contributed by atoms with Crippen LogP contribution in [0.15, 0.2) is 51.9 Å². The Labute approximate surface area is 189 Å². The third kappa shape index (κ3) is 5.00. The SMILES string of the molecule is Cc1noc(/C=C\c2ccc(S(=O)(=O)Nc3ccc(F)c(Cl)c3)cc2)c1NC(=O)C1CC1. The van der Waals surface area contributed by atoms with E-state index >= 15 is 0 Å². The maximum atomic E-state index is 13.3. The minimum Gasteiger partial charge on any atom is -0.354 e. The highest BCUT2D eigenvalue weighted by Gasteiger charge is 2.30. The number of aromatic nitrogens is 1. The summed E-state index contributed by atoms with van der Waals surface area (Å²) in [4.78, 5) is 12.1. The zero-order valence-corrected chi connectivity index (χ0v) is 18.5. The number of sulfonamides is 1. The van der Waals surface area contributed by atoms with Crippen molar-refractivity contribution in [1.82, 2.24) is 5.16 Å².